The summed E-state index contributed by atoms with van der Waals surface area (Å²) in [4.78, 5) is 2.44. The zero-order valence-electron chi connectivity index (χ0n) is 19.3. The van der Waals surface area contributed by atoms with E-state index in [1.165, 1.54) is 16.7 Å². The van der Waals surface area contributed by atoms with E-state index >= 15 is 0 Å². The molecule has 2 aromatic heterocycles. The second kappa shape index (κ2) is 9.11. The van der Waals surface area contributed by atoms with Crippen LogP contribution < -0.4 is 9.47 Å². The molecular weight excluding hydrogens is 414 g/mol. The van der Waals surface area contributed by atoms with E-state index in [9.17, 15) is 0 Å². The van der Waals surface area contributed by atoms with Gasteiger partial charge in [-0.3, -0.25) is 14.3 Å². The molecular formula is C26H29N5O2. The molecule has 170 valence electrons. The highest BCUT2D eigenvalue weighted by molar-refractivity contribution is 5.67. The Morgan fingerprint density at radius 1 is 0.970 bits per heavy atom. The first-order valence-electron chi connectivity index (χ1n) is 11.3. The SMILES string of the molecule is CC(C)N(Cc1cnn(C)c1)Cc1cn(Cc2ccccc2)nc1-c1ccc2c(c1)OCO2. The molecule has 0 saturated heterocycles. The summed E-state index contributed by atoms with van der Waals surface area (Å²) in [5.74, 6) is 1.55. The fourth-order valence-electron chi connectivity index (χ4n) is 4.14. The maximum absolute atomic E-state index is 5.63. The van der Waals surface area contributed by atoms with Crippen LogP contribution in [0.2, 0.25) is 0 Å². The largest absolute Gasteiger partial charge is 0.454 e. The minimum Gasteiger partial charge on any atom is -0.454 e. The lowest BCUT2D eigenvalue weighted by Gasteiger charge is -2.25. The predicted octanol–water partition coefficient (Wildman–Crippen LogP) is 4.47. The molecule has 33 heavy (non-hydrogen) atoms. The van der Waals surface area contributed by atoms with Crippen LogP contribution in [-0.2, 0) is 26.7 Å². The number of rotatable bonds is 8. The van der Waals surface area contributed by atoms with Gasteiger partial charge >= 0.3 is 0 Å². The van der Waals surface area contributed by atoms with E-state index in [1.54, 1.807) is 0 Å². The fraction of sp³-hybridized carbons (Fsp3) is 0.308. The lowest BCUT2D eigenvalue weighted by Crippen LogP contribution is -2.29. The van der Waals surface area contributed by atoms with Crippen molar-refractivity contribution in [2.24, 2.45) is 7.05 Å². The predicted molar refractivity (Wildman–Crippen MR) is 127 cm³/mol. The summed E-state index contributed by atoms with van der Waals surface area (Å²) in [7, 11) is 1.95. The number of aryl methyl sites for hydroxylation is 1. The van der Waals surface area contributed by atoms with Gasteiger partial charge in [0.15, 0.2) is 11.5 Å². The summed E-state index contributed by atoms with van der Waals surface area (Å²) < 4.78 is 15.0. The molecule has 1 aliphatic rings. The van der Waals surface area contributed by atoms with Gasteiger partial charge in [-0.25, -0.2) is 0 Å². The molecule has 4 aromatic rings. The Hall–Kier alpha value is -3.58. The third kappa shape index (κ3) is 4.78. The Labute approximate surface area is 194 Å². The monoisotopic (exact) mass is 443 g/mol. The highest BCUT2D eigenvalue weighted by Crippen LogP contribution is 2.36. The third-order valence-electron chi connectivity index (χ3n) is 5.92. The molecule has 5 rings (SSSR count). The first kappa shape index (κ1) is 21.3. The van der Waals surface area contributed by atoms with Crippen LogP contribution in [0.4, 0.5) is 0 Å². The fourth-order valence-corrected chi connectivity index (χ4v) is 4.14. The van der Waals surface area contributed by atoms with E-state index in [-0.39, 0.29) is 6.79 Å². The summed E-state index contributed by atoms with van der Waals surface area (Å²) in [6, 6.07) is 16.8. The summed E-state index contributed by atoms with van der Waals surface area (Å²) >= 11 is 0. The molecule has 0 saturated carbocycles. The van der Waals surface area contributed by atoms with Gasteiger partial charge in [-0.1, -0.05) is 30.3 Å². The Kier molecular flexibility index (Phi) is 5.88. The van der Waals surface area contributed by atoms with Gasteiger partial charge in [-0.15, -0.1) is 0 Å². The van der Waals surface area contributed by atoms with Gasteiger partial charge in [-0.05, 0) is 37.6 Å². The van der Waals surface area contributed by atoms with E-state index in [2.05, 4.69) is 66.6 Å². The van der Waals surface area contributed by atoms with Gasteiger partial charge < -0.3 is 9.47 Å². The average molecular weight is 444 g/mol. The summed E-state index contributed by atoms with van der Waals surface area (Å²) in [6.45, 7) is 7.06. The first-order chi connectivity index (χ1) is 16.0. The van der Waals surface area contributed by atoms with Gasteiger partial charge in [0.25, 0.3) is 0 Å². The number of aromatic nitrogens is 4. The van der Waals surface area contributed by atoms with E-state index in [0.29, 0.717) is 6.04 Å². The minimum atomic E-state index is 0.264. The second-order valence-electron chi connectivity index (χ2n) is 8.78. The van der Waals surface area contributed by atoms with Crippen LogP contribution in [0.3, 0.4) is 0 Å². The van der Waals surface area contributed by atoms with E-state index < -0.39 is 0 Å². The molecule has 0 unspecified atom stereocenters. The molecule has 0 bridgehead atoms. The average Bonchev–Trinajstić information content (AvgIpc) is 3.53. The maximum Gasteiger partial charge on any atom is 0.231 e. The number of hydrogen-bond donors (Lipinski definition) is 0. The van der Waals surface area contributed by atoms with Crippen molar-refractivity contribution in [2.45, 2.75) is 39.5 Å². The minimum absolute atomic E-state index is 0.264. The van der Waals surface area contributed by atoms with Gasteiger partial charge in [0, 0.05) is 55.3 Å². The molecule has 7 heteroatoms. The number of fused-ring (bicyclic) bond motifs is 1. The smallest absolute Gasteiger partial charge is 0.231 e. The molecule has 0 spiro atoms. The summed E-state index contributed by atoms with van der Waals surface area (Å²) in [6.07, 6.45) is 6.19. The Bertz CT molecular complexity index is 1230. The van der Waals surface area contributed by atoms with E-state index in [0.717, 1.165) is 42.4 Å². The van der Waals surface area contributed by atoms with Crippen molar-refractivity contribution in [3.05, 3.63) is 83.8 Å². The molecule has 0 N–H and O–H groups in total. The standard InChI is InChI=1S/C26H29N5O2/c1-19(2)30(14-21-12-27-29(3)13-21)16-23-17-31(15-20-7-5-4-6-8-20)28-26(23)22-9-10-24-25(11-22)33-18-32-24/h4-13,17,19H,14-16,18H2,1-3H3. The molecule has 0 atom stereocenters. The lowest BCUT2D eigenvalue weighted by molar-refractivity contribution is 0.174. The van der Waals surface area contributed by atoms with Crippen LogP contribution >= 0.6 is 0 Å². The third-order valence-corrected chi connectivity index (χ3v) is 5.92. The van der Waals surface area contributed by atoms with Crippen LogP contribution in [0.15, 0.2) is 67.1 Å². The van der Waals surface area contributed by atoms with Crippen molar-refractivity contribution >= 4 is 0 Å². The molecule has 3 heterocycles. The van der Waals surface area contributed by atoms with Gasteiger partial charge in [0.05, 0.1) is 18.4 Å². The number of hydrogen-bond acceptors (Lipinski definition) is 5. The second-order valence-corrected chi connectivity index (χ2v) is 8.78. The van der Waals surface area contributed by atoms with Crippen molar-refractivity contribution in [2.75, 3.05) is 6.79 Å². The van der Waals surface area contributed by atoms with Crippen LogP contribution in [0, 0.1) is 0 Å². The Morgan fingerprint density at radius 2 is 1.79 bits per heavy atom. The number of ether oxygens (including phenoxy) is 2. The van der Waals surface area contributed by atoms with Crippen LogP contribution in [0.5, 0.6) is 11.5 Å². The molecule has 0 fully saturated rings. The summed E-state index contributed by atoms with van der Waals surface area (Å²) in [5, 5.41) is 9.34. The molecule has 0 amide bonds. The zero-order valence-corrected chi connectivity index (χ0v) is 19.3. The molecule has 0 aliphatic carbocycles. The highest BCUT2D eigenvalue weighted by atomic mass is 16.7. The molecule has 1 aliphatic heterocycles. The van der Waals surface area contributed by atoms with Crippen LogP contribution in [0.1, 0.15) is 30.5 Å². The molecule has 0 radical (unpaired) electrons. The van der Waals surface area contributed by atoms with Crippen LogP contribution in [-0.4, -0.2) is 37.3 Å². The maximum atomic E-state index is 5.63. The van der Waals surface area contributed by atoms with Gasteiger partial charge in [-0.2, -0.15) is 10.2 Å². The Morgan fingerprint density at radius 3 is 2.55 bits per heavy atom. The Balaban J connectivity index is 1.48. The first-order valence-corrected chi connectivity index (χ1v) is 11.3. The van der Waals surface area contributed by atoms with Crippen molar-refractivity contribution in [1.82, 2.24) is 24.5 Å². The van der Waals surface area contributed by atoms with Crippen molar-refractivity contribution < 1.29 is 9.47 Å². The van der Waals surface area contributed by atoms with Crippen molar-refractivity contribution in [1.29, 1.82) is 0 Å². The van der Waals surface area contributed by atoms with Crippen molar-refractivity contribution in [3.8, 4) is 22.8 Å². The zero-order chi connectivity index (χ0) is 22.8. The quantitative estimate of drug-likeness (QED) is 0.402. The highest BCUT2D eigenvalue weighted by Gasteiger charge is 2.20. The van der Waals surface area contributed by atoms with Gasteiger partial charge in [0.1, 0.15) is 0 Å². The van der Waals surface area contributed by atoms with Crippen molar-refractivity contribution in [3.63, 3.8) is 0 Å². The van der Waals surface area contributed by atoms with E-state index in [4.69, 9.17) is 14.6 Å². The molecule has 2 aromatic carbocycles. The normalized spacial score (nSPS) is 12.8. The van der Waals surface area contributed by atoms with Gasteiger partial charge in [0.2, 0.25) is 6.79 Å². The topological polar surface area (TPSA) is 57.3 Å². The summed E-state index contributed by atoms with van der Waals surface area (Å²) in [5.41, 5.74) is 5.61. The number of nitrogens with zero attached hydrogens (tertiary/aromatic N) is 5. The molecule has 7 nitrogen and oxygen atoms in total. The lowest BCUT2D eigenvalue weighted by atomic mass is 10.1. The number of benzene rings is 2. The van der Waals surface area contributed by atoms with Crippen LogP contribution in [0.25, 0.3) is 11.3 Å². The van der Waals surface area contributed by atoms with E-state index in [1.807, 2.05) is 40.8 Å².